The zero-order chi connectivity index (χ0) is 29.5. The lowest BCUT2D eigenvalue weighted by Crippen LogP contribution is -2.26. The number of rotatable bonds is 10. The van der Waals surface area contributed by atoms with Crippen molar-refractivity contribution in [2.75, 3.05) is 34.0 Å². The minimum absolute atomic E-state index is 0.0462. The number of hydrogen-bond acceptors (Lipinski definition) is 4. The minimum Gasteiger partial charge on any atom is -0.385 e. The van der Waals surface area contributed by atoms with Gasteiger partial charge in [0.1, 0.15) is 0 Å². The van der Waals surface area contributed by atoms with Gasteiger partial charge in [0.25, 0.3) is 5.91 Å². The molecule has 0 atom stereocenters. The number of carbonyl (C=O) groups excluding carboxylic acids is 1. The molecule has 2 aromatic rings. The van der Waals surface area contributed by atoms with Crippen molar-refractivity contribution in [3.05, 3.63) is 100 Å². The first-order chi connectivity index (χ1) is 18.1. The maximum atomic E-state index is 11.6. The lowest BCUT2D eigenvalue weighted by Gasteiger charge is -2.13. The van der Waals surface area contributed by atoms with E-state index < -0.39 is 0 Å². The van der Waals surface area contributed by atoms with Gasteiger partial charge in [-0.15, -0.1) is 0 Å². The van der Waals surface area contributed by atoms with Crippen molar-refractivity contribution in [1.82, 2.24) is 10.6 Å². The molecular formula is C32H49ClN2O3. The summed E-state index contributed by atoms with van der Waals surface area (Å²) in [5, 5.41) is 6.73. The Balaban J connectivity index is 0. The molecule has 0 fully saturated rings. The van der Waals surface area contributed by atoms with E-state index in [0.29, 0.717) is 18.7 Å². The molecule has 1 amide bonds. The molecule has 0 aliphatic rings. The van der Waals surface area contributed by atoms with E-state index in [1.54, 1.807) is 14.2 Å². The van der Waals surface area contributed by atoms with E-state index in [4.69, 9.17) is 21.1 Å². The number of hydrogen-bond donors (Lipinski definition) is 2. The van der Waals surface area contributed by atoms with E-state index in [9.17, 15) is 4.79 Å². The second kappa shape index (κ2) is 23.3. The van der Waals surface area contributed by atoms with Crippen LogP contribution in [0.5, 0.6) is 0 Å². The van der Waals surface area contributed by atoms with Crippen LogP contribution in [0, 0.1) is 13.8 Å². The van der Waals surface area contributed by atoms with Crippen molar-refractivity contribution in [1.29, 1.82) is 0 Å². The molecule has 212 valence electrons. The van der Waals surface area contributed by atoms with Gasteiger partial charge in [-0.05, 0) is 80.6 Å². The number of methoxy groups -OCH3 is 2. The number of nitrogens with one attached hydrogen (secondary N) is 2. The zero-order valence-electron chi connectivity index (χ0n) is 25.0. The summed E-state index contributed by atoms with van der Waals surface area (Å²) >= 11 is 5.82. The Labute approximate surface area is 237 Å². The van der Waals surface area contributed by atoms with Crippen molar-refractivity contribution in [3.8, 4) is 0 Å². The Kier molecular flexibility index (Phi) is 22.8. The summed E-state index contributed by atoms with van der Waals surface area (Å²) in [6.45, 7) is 23.9. The Morgan fingerprint density at radius 1 is 0.947 bits per heavy atom. The lowest BCUT2D eigenvalue weighted by molar-refractivity contribution is 0.0937. The number of ether oxygens (including phenoxy) is 2. The first kappa shape index (κ1) is 37.3. The predicted octanol–water partition coefficient (Wildman–Crippen LogP) is 8.13. The van der Waals surface area contributed by atoms with Crippen LogP contribution in [0.2, 0.25) is 5.02 Å². The van der Waals surface area contributed by atoms with Crippen LogP contribution in [0.1, 0.15) is 68.1 Å². The molecule has 2 rings (SSSR count). The highest BCUT2D eigenvalue weighted by Crippen LogP contribution is 2.16. The van der Waals surface area contributed by atoms with Gasteiger partial charge in [0.05, 0.1) is 6.61 Å². The molecule has 0 unspecified atom stereocenters. The maximum Gasteiger partial charge on any atom is 0.251 e. The average Bonchev–Trinajstić information content (AvgIpc) is 2.91. The van der Waals surface area contributed by atoms with Gasteiger partial charge in [0.2, 0.25) is 0 Å². The second-order valence-electron chi connectivity index (χ2n) is 8.13. The Bertz CT molecular complexity index is 981. The fraction of sp³-hybridized carbons (Fsp3) is 0.406. The molecule has 0 bridgehead atoms. The van der Waals surface area contributed by atoms with E-state index in [1.807, 2.05) is 90.1 Å². The molecule has 2 aromatic carbocycles. The maximum absolute atomic E-state index is 11.6. The van der Waals surface area contributed by atoms with Gasteiger partial charge in [-0.3, -0.25) is 4.79 Å². The molecule has 0 saturated carbocycles. The topological polar surface area (TPSA) is 59.6 Å². The number of allylic oxidation sites excluding steroid dienone is 2. The second-order valence-corrected chi connectivity index (χ2v) is 8.57. The van der Waals surface area contributed by atoms with Crippen LogP contribution in [0.15, 0.2) is 73.0 Å². The fourth-order valence-electron chi connectivity index (χ4n) is 2.77. The molecule has 0 aliphatic heterocycles. The van der Waals surface area contributed by atoms with E-state index in [2.05, 4.69) is 30.7 Å². The van der Waals surface area contributed by atoms with Gasteiger partial charge in [-0.2, -0.15) is 0 Å². The largest absolute Gasteiger partial charge is 0.385 e. The minimum atomic E-state index is -0.0462. The van der Waals surface area contributed by atoms with Gasteiger partial charge in [0.15, 0.2) is 0 Å². The third-order valence-electron chi connectivity index (χ3n) is 5.00. The summed E-state index contributed by atoms with van der Waals surface area (Å²) in [5.41, 5.74) is 6.86. The van der Waals surface area contributed by atoms with Crippen LogP contribution < -0.4 is 10.6 Å². The van der Waals surface area contributed by atoms with Gasteiger partial charge in [0, 0.05) is 49.4 Å². The molecule has 0 spiro atoms. The quantitative estimate of drug-likeness (QED) is 0.234. The van der Waals surface area contributed by atoms with E-state index in [-0.39, 0.29) is 5.91 Å². The molecule has 5 nitrogen and oxygen atoms in total. The highest BCUT2D eigenvalue weighted by atomic mass is 35.5. The molecule has 0 saturated heterocycles. The molecule has 0 heterocycles. The highest BCUT2D eigenvalue weighted by molar-refractivity contribution is 6.30. The summed E-state index contributed by atoms with van der Waals surface area (Å²) in [6, 6.07) is 13.3. The number of amides is 1. The molecule has 0 aromatic heterocycles. The van der Waals surface area contributed by atoms with Crippen LogP contribution in [-0.4, -0.2) is 39.9 Å². The smallest absolute Gasteiger partial charge is 0.251 e. The molecule has 38 heavy (non-hydrogen) atoms. The SMILES string of the molecule is C=C(C)/C(=C/C)NC(=C)c1ccc(Cl)cc1.CC.CCCOC.COCCNC(=O)c1ccc(C)c(C)c1. The van der Waals surface area contributed by atoms with Crippen LogP contribution in [-0.2, 0) is 9.47 Å². The normalized spacial score (nSPS) is 9.89. The molecule has 2 N–H and O–H groups in total. The average molecular weight is 545 g/mol. The summed E-state index contributed by atoms with van der Waals surface area (Å²) < 4.78 is 9.55. The number of aryl methyl sites for hydroxylation is 2. The van der Waals surface area contributed by atoms with Gasteiger partial charge in [-0.1, -0.05) is 69.8 Å². The van der Waals surface area contributed by atoms with E-state index in [1.165, 1.54) is 5.56 Å². The summed E-state index contributed by atoms with van der Waals surface area (Å²) in [4.78, 5) is 11.6. The lowest BCUT2D eigenvalue weighted by atomic mass is 10.1. The first-order valence-corrected chi connectivity index (χ1v) is 13.4. The van der Waals surface area contributed by atoms with Crippen LogP contribution in [0.4, 0.5) is 0 Å². The Morgan fingerprint density at radius 2 is 1.50 bits per heavy atom. The van der Waals surface area contributed by atoms with E-state index >= 15 is 0 Å². The third kappa shape index (κ3) is 16.8. The van der Waals surface area contributed by atoms with Crippen molar-refractivity contribution in [2.24, 2.45) is 0 Å². The van der Waals surface area contributed by atoms with Crippen LogP contribution >= 0.6 is 11.6 Å². The standard InChI is InChI=1S/C14H16ClN.C12H17NO2.C4H10O.C2H6/c1-5-14(10(2)3)16-11(4)12-6-8-13(15)9-7-12;1-9-4-5-11(8-10(9)2)12(14)13-6-7-15-3;1-3-4-5-2;1-2/h5-9,16H,2,4H2,1,3H3;4-5,8H,6-7H2,1-3H3,(H,13,14);3-4H2,1-2H3;1-2H3/b14-5-;;;. The molecule has 0 aliphatic carbocycles. The third-order valence-corrected chi connectivity index (χ3v) is 5.25. The molecule has 0 radical (unpaired) electrons. The van der Waals surface area contributed by atoms with Crippen LogP contribution in [0.25, 0.3) is 5.70 Å². The summed E-state index contributed by atoms with van der Waals surface area (Å²) in [7, 11) is 3.33. The fourth-order valence-corrected chi connectivity index (χ4v) is 2.89. The Morgan fingerprint density at radius 3 is 1.92 bits per heavy atom. The van der Waals surface area contributed by atoms with Gasteiger partial charge in [-0.25, -0.2) is 0 Å². The number of carbonyl (C=O) groups is 1. The molecular weight excluding hydrogens is 496 g/mol. The van der Waals surface area contributed by atoms with Crippen molar-refractivity contribution in [3.63, 3.8) is 0 Å². The predicted molar refractivity (Wildman–Crippen MR) is 166 cm³/mol. The van der Waals surface area contributed by atoms with E-state index in [0.717, 1.165) is 46.1 Å². The van der Waals surface area contributed by atoms with Crippen molar-refractivity contribution >= 4 is 23.2 Å². The van der Waals surface area contributed by atoms with Crippen molar-refractivity contribution < 1.29 is 14.3 Å². The first-order valence-electron chi connectivity index (χ1n) is 13.0. The van der Waals surface area contributed by atoms with Crippen LogP contribution in [0.3, 0.4) is 0 Å². The van der Waals surface area contributed by atoms with Crippen molar-refractivity contribution in [2.45, 2.75) is 54.9 Å². The summed E-state index contributed by atoms with van der Waals surface area (Å²) in [5.74, 6) is -0.0462. The Hall–Kier alpha value is -2.86. The monoisotopic (exact) mass is 544 g/mol. The van der Waals surface area contributed by atoms with Gasteiger partial charge >= 0.3 is 0 Å². The summed E-state index contributed by atoms with van der Waals surface area (Å²) in [6.07, 6.45) is 3.10. The zero-order valence-corrected chi connectivity index (χ0v) is 25.7. The number of benzene rings is 2. The molecule has 6 heteroatoms. The highest BCUT2D eigenvalue weighted by Gasteiger charge is 2.05. The number of halogens is 1. The van der Waals surface area contributed by atoms with Gasteiger partial charge < -0.3 is 20.1 Å².